The molecule has 1 aromatic rings. The highest BCUT2D eigenvalue weighted by atomic mass is 19.1. The number of benzene rings is 1. The third-order valence-corrected chi connectivity index (χ3v) is 4.99. The summed E-state index contributed by atoms with van der Waals surface area (Å²) < 4.78 is 26.6. The summed E-state index contributed by atoms with van der Waals surface area (Å²) in [6.45, 7) is 0. The Bertz CT molecular complexity index is 622. The van der Waals surface area contributed by atoms with Gasteiger partial charge in [-0.25, -0.2) is 8.78 Å². The summed E-state index contributed by atoms with van der Waals surface area (Å²) >= 11 is 0. The third-order valence-electron chi connectivity index (χ3n) is 4.99. The van der Waals surface area contributed by atoms with Crippen LogP contribution in [0.15, 0.2) is 18.2 Å². The van der Waals surface area contributed by atoms with Gasteiger partial charge in [-0.3, -0.25) is 9.59 Å². The van der Waals surface area contributed by atoms with Gasteiger partial charge in [0.05, 0.1) is 5.56 Å². The lowest BCUT2D eigenvalue weighted by atomic mass is 9.93. The van der Waals surface area contributed by atoms with Gasteiger partial charge in [-0.1, -0.05) is 19.3 Å². The van der Waals surface area contributed by atoms with Gasteiger partial charge in [-0.15, -0.1) is 0 Å². The number of ketones is 1. The van der Waals surface area contributed by atoms with Crippen molar-refractivity contribution in [1.29, 1.82) is 0 Å². The predicted octanol–water partition coefficient (Wildman–Crippen LogP) is 4.25. The minimum Gasteiger partial charge on any atom is -0.337 e. The van der Waals surface area contributed by atoms with Crippen LogP contribution in [0.3, 0.4) is 0 Å². The molecule has 130 valence electrons. The van der Waals surface area contributed by atoms with E-state index in [1.807, 2.05) is 4.90 Å². The fraction of sp³-hybridized carbons (Fsp3) is 0.579. The van der Waals surface area contributed by atoms with Crippen molar-refractivity contribution in [1.82, 2.24) is 4.90 Å². The maximum atomic E-state index is 13.7. The van der Waals surface area contributed by atoms with E-state index in [4.69, 9.17) is 0 Å². The molecule has 0 radical (unpaired) electrons. The number of carbonyl (C=O) groups excluding carboxylic acids is 2. The summed E-state index contributed by atoms with van der Waals surface area (Å²) in [5.74, 6) is -2.02. The summed E-state index contributed by atoms with van der Waals surface area (Å²) in [6, 6.07) is 3.55. The fourth-order valence-electron chi connectivity index (χ4n) is 3.62. The lowest BCUT2D eigenvalue weighted by molar-refractivity contribution is -0.134. The molecular weight excluding hydrogens is 312 g/mol. The summed E-state index contributed by atoms with van der Waals surface area (Å²) in [6.07, 6.45) is 7.78. The van der Waals surface area contributed by atoms with Crippen LogP contribution in [0.2, 0.25) is 0 Å². The number of amides is 1. The molecule has 3 nitrogen and oxygen atoms in total. The maximum Gasteiger partial charge on any atom is 0.223 e. The standard InChI is InChI=1S/C19H23F2NO2/c20-13-6-9-16(17(21)12-13)18(23)10-11-19(24)22(15-7-8-15)14-4-2-1-3-5-14/h6,9,12,14-15H,1-5,7-8,10-11H2. The first-order chi connectivity index (χ1) is 11.6. The van der Waals surface area contributed by atoms with E-state index in [0.717, 1.165) is 50.7 Å². The van der Waals surface area contributed by atoms with Crippen LogP contribution in [0, 0.1) is 11.6 Å². The Balaban J connectivity index is 1.59. The Morgan fingerprint density at radius 2 is 1.62 bits per heavy atom. The summed E-state index contributed by atoms with van der Waals surface area (Å²) in [4.78, 5) is 26.7. The van der Waals surface area contributed by atoms with Crippen molar-refractivity contribution >= 4 is 11.7 Å². The number of nitrogens with zero attached hydrogens (tertiary/aromatic N) is 1. The number of hydrogen-bond acceptors (Lipinski definition) is 2. The minimum absolute atomic E-state index is 0.000250. The molecule has 2 fully saturated rings. The second kappa shape index (κ2) is 7.41. The zero-order valence-corrected chi connectivity index (χ0v) is 13.8. The normalized spacial score (nSPS) is 18.4. The minimum atomic E-state index is -0.862. The molecule has 1 aromatic carbocycles. The van der Waals surface area contributed by atoms with Gasteiger partial charge in [0.1, 0.15) is 11.6 Å². The van der Waals surface area contributed by atoms with Crippen molar-refractivity contribution in [3.05, 3.63) is 35.4 Å². The Kier molecular flexibility index (Phi) is 5.27. The molecule has 2 aliphatic carbocycles. The summed E-state index contributed by atoms with van der Waals surface area (Å²) in [5, 5.41) is 0. The largest absolute Gasteiger partial charge is 0.337 e. The number of Topliss-reactive ketones (excluding diaryl/α,β-unsaturated/α-hetero) is 1. The van der Waals surface area contributed by atoms with Gasteiger partial charge in [-0.2, -0.15) is 0 Å². The molecule has 0 spiro atoms. The topological polar surface area (TPSA) is 37.4 Å². The van der Waals surface area contributed by atoms with E-state index in [9.17, 15) is 18.4 Å². The number of carbonyl (C=O) groups is 2. The lowest BCUT2D eigenvalue weighted by Crippen LogP contribution is -2.43. The van der Waals surface area contributed by atoms with E-state index in [1.165, 1.54) is 6.42 Å². The van der Waals surface area contributed by atoms with E-state index in [1.54, 1.807) is 0 Å². The fourth-order valence-corrected chi connectivity index (χ4v) is 3.62. The van der Waals surface area contributed by atoms with E-state index >= 15 is 0 Å². The van der Waals surface area contributed by atoms with Gasteiger partial charge in [-0.05, 0) is 37.8 Å². The van der Waals surface area contributed by atoms with Crippen molar-refractivity contribution in [3.8, 4) is 0 Å². The molecule has 1 amide bonds. The Labute approximate surface area is 141 Å². The molecule has 0 aromatic heterocycles. The molecule has 0 aliphatic heterocycles. The summed E-state index contributed by atoms with van der Waals surface area (Å²) in [5.41, 5.74) is -0.139. The van der Waals surface area contributed by atoms with Crippen LogP contribution >= 0.6 is 0 Å². The second-order valence-corrected chi connectivity index (χ2v) is 6.87. The first kappa shape index (κ1) is 17.1. The smallest absolute Gasteiger partial charge is 0.223 e. The molecule has 0 N–H and O–H groups in total. The van der Waals surface area contributed by atoms with Gasteiger partial charge in [0.15, 0.2) is 5.78 Å². The van der Waals surface area contributed by atoms with Crippen LogP contribution < -0.4 is 0 Å². The number of halogens is 2. The zero-order valence-electron chi connectivity index (χ0n) is 13.8. The quantitative estimate of drug-likeness (QED) is 0.729. The molecule has 24 heavy (non-hydrogen) atoms. The SMILES string of the molecule is O=C(CCC(=O)N(C1CCCCC1)C1CC1)c1ccc(F)cc1F. The van der Waals surface area contributed by atoms with E-state index in [2.05, 4.69) is 0 Å². The number of rotatable bonds is 6. The van der Waals surface area contributed by atoms with Crippen LogP contribution in [0.25, 0.3) is 0 Å². The lowest BCUT2D eigenvalue weighted by Gasteiger charge is -2.34. The molecule has 0 atom stereocenters. The zero-order chi connectivity index (χ0) is 17.1. The van der Waals surface area contributed by atoms with E-state index in [-0.39, 0.29) is 24.3 Å². The van der Waals surface area contributed by atoms with Crippen molar-refractivity contribution in [2.45, 2.75) is 69.9 Å². The average molecular weight is 335 g/mol. The van der Waals surface area contributed by atoms with Crippen molar-refractivity contribution < 1.29 is 18.4 Å². The first-order valence-electron chi connectivity index (χ1n) is 8.85. The maximum absolute atomic E-state index is 13.7. The molecule has 5 heteroatoms. The van der Waals surface area contributed by atoms with Crippen LogP contribution in [-0.4, -0.2) is 28.7 Å². The van der Waals surface area contributed by atoms with Crippen molar-refractivity contribution in [2.24, 2.45) is 0 Å². The van der Waals surface area contributed by atoms with Crippen LogP contribution in [0.5, 0.6) is 0 Å². The van der Waals surface area contributed by atoms with Gasteiger partial charge >= 0.3 is 0 Å². The highest BCUT2D eigenvalue weighted by Gasteiger charge is 2.37. The molecular formula is C19H23F2NO2. The van der Waals surface area contributed by atoms with Crippen molar-refractivity contribution in [3.63, 3.8) is 0 Å². The van der Waals surface area contributed by atoms with E-state index in [0.29, 0.717) is 18.2 Å². The molecule has 0 bridgehead atoms. The average Bonchev–Trinajstić information content (AvgIpc) is 3.39. The monoisotopic (exact) mass is 335 g/mol. The Morgan fingerprint density at radius 1 is 0.958 bits per heavy atom. The van der Waals surface area contributed by atoms with Gasteiger partial charge in [0.25, 0.3) is 0 Å². The highest BCUT2D eigenvalue weighted by Crippen LogP contribution is 2.34. The molecule has 0 saturated heterocycles. The van der Waals surface area contributed by atoms with Crippen LogP contribution in [0.1, 0.15) is 68.1 Å². The van der Waals surface area contributed by atoms with E-state index < -0.39 is 17.4 Å². The summed E-state index contributed by atoms with van der Waals surface area (Å²) in [7, 11) is 0. The third kappa shape index (κ3) is 4.00. The van der Waals surface area contributed by atoms with Gasteiger partial charge < -0.3 is 4.90 Å². The van der Waals surface area contributed by atoms with Gasteiger partial charge in [0, 0.05) is 31.0 Å². The number of hydrogen-bond donors (Lipinski definition) is 0. The molecule has 3 rings (SSSR count). The van der Waals surface area contributed by atoms with Gasteiger partial charge in [0.2, 0.25) is 5.91 Å². The Hall–Kier alpha value is -1.78. The molecule has 2 aliphatic rings. The Morgan fingerprint density at radius 3 is 2.25 bits per heavy atom. The first-order valence-corrected chi connectivity index (χ1v) is 8.85. The molecule has 0 unspecified atom stereocenters. The van der Waals surface area contributed by atoms with Crippen molar-refractivity contribution in [2.75, 3.05) is 0 Å². The molecule has 0 heterocycles. The molecule has 2 saturated carbocycles. The van der Waals surface area contributed by atoms with Crippen LogP contribution in [0.4, 0.5) is 8.78 Å². The van der Waals surface area contributed by atoms with Crippen LogP contribution in [-0.2, 0) is 4.79 Å². The predicted molar refractivity (Wildman–Crippen MR) is 86.7 cm³/mol. The highest BCUT2D eigenvalue weighted by molar-refractivity contribution is 5.98. The second-order valence-electron chi connectivity index (χ2n) is 6.87.